The van der Waals surface area contributed by atoms with Crippen molar-refractivity contribution in [3.05, 3.63) is 46.3 Å². The van der Waals surface area contributed by atoms with Crippen molar-refractivity contribution in [2.45, 2.75) is 32.3 Å². The summed E-state index contributed by atoms with van der Waals surface area (Å²) in [6, 6.07) is 6.59. The second-order valence-corrected chi connectivity index (χ2v) is 6.80. The molecule has 1 unspecified atom stereocenters. The molecule has 0 fully saturated rings. The van der Waals surface area contributed by atoms with Crippen molar-refractivity contribution in [3.63, 3.8) is 0 Å². The highest BCUT2D eigenvalue weighted by atomic mass is 79.9. The SMILES string of the molecule is CC(=O)OC1=C(NC(=O)CCCBr)C(=O)OC1(C)c1ccc(Cl)cc1. The lowest BCUT2D eigenvalue weighted by atomic mass is 9.94. The highest BCUT2D eigenvalue weighted by Gasteiger charge is 2.48. The van der Waals surface area contributed by atoms with Gasteiger partial charge in [-0.3, -0.25) is 9.59 Å². The molecule has 0 bridgehead atoms. The van der Waals surface area contributed by atoms with Gasteiger partial charge in [0, 0.05) is 29.3 Å². The summed E-state index contributed by atoms with van der Waals surface area (Å²) in [5, 5.41) is 3.67. The van der Waals surface area contributed by atoms with Gasteiger partial charge in [-0.2, -0.15) is 0 Å². The van der Waals surface area contributed by atoms with Crippen LogP contribution in [-0.2, 0) is 29.5 Å². The van der Waals surface area contributed by atoms with Crippen LogP contribution in [0.2, 0.25) is 5.02 Å². The van der Waals surface area contributed by atoms with Gasteiger partial charge >= 0.3 is 11.9 Å². The molecule has 134 valence electrons. The van der Waals surface area contributed by atoms with Crippen LogP contribution in [0.5, 0.6) is 0 Å². The van der Waals surface area contributed by atoms with Crippen LogP contribution in [0.1, 0.15) is 32.3 Å². The maximum Gasteiger partial charge on any atom is 0.359 e. The van der Waals surface area contributed by atoms with E-state index < -0.39 is 17.5 Å². The first kappa shape index (κ1) is 19.5. The minimum Gasteiger partial charge on any atom is -0.441 e. The molecular weight excluding hydrogens is 414 g/mol. The Hall–Kier alpha value is -1.86. The molecule has 1 aliphatic rings. The zero-order valence-electron chi connectivity index (χ0n) is 13.7. The van der Waals surface area contributed by atoms with Gasteiger partial charge < -0.3 is 14.8 Å². The normalized spacial score (nSPS) is 19.6. The molecule has 2 rings (SSSR count). The van der Waals surface area contributed by atoms with E-state index >= 15 is 0 Å². The standard InChI is InChI=1S/C17H17BrClNO5/c1-10(21)24-15-14(20-13(22)4-3-9-18)16(23)25-17(15,2)11-5-7-12(19)8-6-11/h5-8H,3-4,9H2,1-2H3,(H,20,22). The molecule has 0 saturated carbocycles. The summed E-state index contributed by atoms with van der Waals surface area (Å²) >= 11 is 9.13. The summed E-state index contributed by atoms with van der Waals surface area (Å²) in [6.45, 7) is 2.80. The molecule has 8 heteroatoms. The van der Waals surface area contributed by atoms with Crippen molar-refractivity contribution in [2.75, 3.05) is 5.33 Å². The summed E-state index contributed by atoms with van der Waals surface area (Å²) in [5.74, 6) is -1.79. The molecule has 0 aliphatic carbocycles. The quantitative estimate of drug-likeness (QED) is 0.554. The van der Waals surface area contributed by atoms with Gasteiger partial charge in [0.15, 0.2) is 17.1 Å². The fourth-order valence-corrected chi connectivity index (χ4v) is 2.81. The van der Waals surface area contributed by atoms with Crippen molar-refractivity contribution in [3.8, 4) is 0 Å². The van der Waals surface area contributed by atoms with Crippen LogP contribution in [0, 0.1) is 0 Å². The van der Waals surface area contributed by atoms with Crippen LogP contribution in [0.3, 0.4) is 0 Å². The largest absolute Gasteiger partial charge is 0.441 e. The summed E-state index contributed by atoms with van der Waals surface area (Å²) in [7, 11) is 0. The summed E-state index contributed by atoms with van der Waals surface area (Å²) in [4.78, 5) is 35.8. The molecule has 1 heterocycles. The summed E-state index contributed by atoms with van der Waals surface area (Å²) < 4.78 is 10.7. The lowest BCUT2D eigenvalue weighted by Gasteiger charge is -2.25. The first-order valence-corrected chi connectivity index (χ1v) is 9.06. The number of nitrogens with one attached hydrogen (secondary N) is 1. The van der Waals surface area contributed by atoms with Crippen LogP contribution in [0.4, 0.5) is 0 Å². The van der Waals surface area contributed by atoms with Gasteiger partial charge in [0.05, 0.1) is 0 Å². The lowest BCUT2D eigenvalue weighted by Crippen LogP contribution is -2.28. The second-order valence-electron chi connectivity index (χ2n) is 5.57. The van der Waals surface area contributed by atoms with Gasteiger partial charge in [0.2, 0.25) is 5.91 Å². The molecule has 25 heavy (non-hydrogen) atoms. The number of esters is 2. The maximum atomic E-state index is 12.3. The Morgan fingerprint density at radius 2 is 1.96 bits per heavy atom. The fraction of sp³-hybridized carbons (Fsp3) is 0.353. The number of ether oxygens (including phenoxy) is 2. The predicted octanol–water partition coefficient (Wildman–Crippen LogP) is 3.18. The van der Waals surface area contributed by atoms with E-state index in [1.54, 1.807) is 31.2 Å². The predicted molar refractivity (Wildman–Crippen MR) is 94.9 cm³/mol. The van der Waals surface area contributed by atoms with E-state index in [1.807, 2.05) is 0 Å². The zero-order chi connectivity index (χ0) is 18.6. The van der Waals surface area contributed by atoms with E-state index in [9.17, 15) is 14.4 Å². The average molecular weight is 431 g/mol. The van der Waals surface area contributed by atoms with Gasteiger partial charge in [-0.05, 0) is 25.5 Å². The van der Waals surface area contributed by atoms with Crippen molar-refractivity contribution >= 4 is 45.4 Å². The minimum absolute atomic E-state index is 0.0421. The van der Waals surface area contributed by atoms with Crippen molar-refractivity contribution in [1.82, 2.24) is 5.32 Å². The molecule has 1 aromatic rings. The molecule has 0 radical (unpaired) electrons. The number of amides is 1. The van der Waals surface area contributed by atoms with Crippen LogP contribution >= 0.6 is 27.5 Å². The fourth-order valence-electron chi connectivity index (χ4n) is 2.40. The third kappa shape index (κ3) is 4.41. The number of alkyl halides is 1. The van der Waals surface area contributed by atoms with E-state index in [0.29, 0.717) is 22.3 Å². The molecule has 1 amide bonds. The summed E-state index contributed by atoms with van der Waals surface area (Å²) in [5.41, 5.74) is -0.941. The Bertz CT molecular complexity index is 731. The molecule has 0 saturated heterocycles. The molecule has 0 spiro atoms. The number of benzene rings is 1. The van der Waals surface area contributed by atoms with Crippen LogP contribution in [0.15, 0.2) is 35.7 Å². The van der Waals surface area contributed by atoms with Crippen molar-refractivity contribution in [1.29, 1.82) is 0 Å². The van der Waals surface area contributed by atoms with Crippen LogP contribution in [0.25, 0.3) is 0 Å². The highest BCUT2D eigenvalue weighted by molar-refractivity contribution is 9.09. The second kappa shape index (κ2) is 8.01. The highest BCUT2D eigenvalue weighted by Crippen LogP contribution is 2.41. The van der Waals surface area contributed by atoms with Crippen molar-refractivity contribution < 1.29 is 23.9 Å². The average Bonchev–Trinajstić information content (AvgIpc) is 2.78. The van der Waals surface area contributed by atoms with Crippen molar-refractivity contribution in [2.24, 2.45) is 0 Å². The molecule has 6 nitrogen and oxygen atoms in total. The number of halogens is 2. The van der Waals surface area contributed by atoms with E-state index in [-0.39, 0.29) is 23.8 Å². The molecule has 1 atom stereocenters. The Morgan fingerprint density at radius 3 is 2.52 bits per heavy atom. The van der Waals surface area contributed by atoms with Crippen LogP contribution < -0.4 is 5.32 Å². The summed E-state index contributed by atoms with van der Waals surface area (Å²) in [6.07, 6.45) is 0.818. The van der Waals surface area contributed by atoms with Crippen LogP contribution in [-0.4, -0.2) is 23.2 Å². The smallest absolute Gasteiger partial charge is 0.359 e. The molecule has 0 aromatic heterocycles. The number of carbonyl (C=O) groups is 3. The number of cyclic esters (lactones) is 1. The van der Waals surface area contributed by atoms with Gasteiger partial charge in [-0.1, -0.05) is 39.7 Å². The van der Waals surface area contributed by atoms with Gasteiger partial charge in [-0.25, -0.2) is 4.79 Å². The number of hydrogen-bond acceptors (Lipinski definition) is 5. The third-order valence-electron chi connectivity index (χ3n) is 3.60. The first-order valence-electron chi connectivity index (χ1n) is 7.56. The Balaban J connectivity index is 2.43. The van der Waals surface area contributed by atoms with E-state index in [1.165, 1.54) is 6.92 Å². The lowest BCUT2D eigenvalue weighted by molar-refractivity contribution is -0.152. The third-order valence-corrected chi connectivity index (χ3v) is 4.42. The monoisotopic (exact) mass is 429 g/mol. The van der Waals surface area contributed by atoms with Gasteiger partial charge in [-0.15, -0.1) is 0 Å². The topological polar surface area (TPSA) is 81.7 Å². The first-order chi connectivity index (χ1) is 11.8. The van der Waals surface area contributed by atoms with Gasteiger partial charge in [0.1, 0.15) is 0 Å². The zero-order valence-corrected chi connectivity index (χ0v) is 16.1. The molecule has 1 N–H and O–H groups in total. The van der Waals surface area contributed by atoms with Gasteiger partial charge in [0.25, 0.3) is 0 Å². The Labute approximate surface area is 158 Å². The minimum atomic E-state index is -1.34. The number of hydrogen-bond donors (Lipinski definition) is 1. The van der Waals surface area contributed by atoms with E-state index in [2.05, 4.69) is 21.2 Å². The number of rotatable bonds is 6. The number of carbonyl (C=O) groups excluding carboxylic acids is 3. The van der Waals surface area contributed by atoms with E-state index in [0.717, 1.165) is 0 Å². The maximum absolute atomic E-state index is 12.3. The Kier molecular flexibility index (Phi) is 6.24. The molecular formula is C17H17BrClNO5. The molecule has 1 aliphatic heterocycles. The Morgan fingerprint density at radius 1 is 1.32 bits per heavy atom. The molecule has 1 aromatic carbocycles. The van der Waals surface area contributed by atoms with E-state index in [4.69, 9.17) is 21.1 Å².